The summed E-state index contributed by atoms with van der Waals surface area (Å²) in [5.41, 5.74) is -0.974. The van der Waals surface area contributed by atoms with Crippen LogP contribution in [0.2, 0.25) is 0 Å². The monoisotopic (exact) mass is 447 g/mol. The molecular weight excluding hydrogens is 410 g/mol. The lowest BCUT2D eigenvalue weighted by molar-refractivity contribution is -0.121. The molecule has 8 heteroatoms. The molecule has 1 N–H and O–H groups in total. The molecule has 8 nitrogen and oxygen atoms in total. The number of benzene rings is 1. The normalized spacial score (nSPS) is 16.2. The zero-order valence-corrected chi connectivity index (χ0v) is 20.1. The molecule has 1 atom stereocenters. The lowest BCUT2D eigenvalue weighted by Crippen LogP contribution is -2.53. The van der Waals surface area contributed by atoms with Crippen molar-refractivity contribution in [2.24, 2.45) is 5.41 Å². The number of nitrogens with zero attached hydrogens (tertiary/aromatic N) is 2. The summed E-state index contributed by atoms with van der Waals surface area (Å²) < 4.78 is 10.7. The van der Waals surface area contributed by atoms with E-state index in [0.29, 0.717) is 25.3 Å². The van der Waals surface area contributed by atoms with E-state index in [4.69, 9.17) is 9.47 Å². The Morgan fingerprint density at radius 2 is 1.59 bits per heavy atom. The maximum atomic E-state index is 12.3. The van der Waals surface area contributed by atoms with Gasteiger partial charge in [0.1, 0.15) is 11.4 Å². The standard InChI is InChI=1S/C24H37N3O5/c1-18(28)20(25-21(29)31-19-10-8-7-9-11-19)24(5,6)12-13-26-14-16-27(17-15-26)22(30)32-23(2,3)4/h7-11,20H,12-17H2,1-6H3,(H,25,29)/t20-/m0/s1. The lowest BCUT2D eigenvalue weighted by Gasteiger charge is -2.38. The van der Waals surface area contributed by atoms with Gasteiger partial charge in [-0.05, 0) is 58.2 Å². The van der Waals surface area contributed by atoms with Gasteiger partial charge in [0, 0.05) is 26.2 Å². The van der Waals surface area contributed by atoms with Crippen LogP contribution >= 0.6 is 0 Å². The molecule has 0 saturated carbocycles. The average Bonchev–Trinajstić information content (AvgIpc) is 2.70. The molecule has 0 unspecified atom stereocenters. The fraction of sp³-hybridized carbons (Fsp3) is 0.625. The molecule has 0 radical (unpaired) electrons. The third-order valence-electron chi connectivity index (χ3n) is 5.50. The third-order valence-corrected chi connectivity index (χ3v) is 5.50. The fourth-order valence-corrected chi connectivity index (χ4v) is 3.66. The second-order valence-electron chi connectivity index (χ2n) is 9.94. The number of amides is 2. The summed E-state index contributed by atoms with van der Waals surface area (Å²) >= 11 is 0. The van der Waals surface area contributed by atoms with Crippen LogP contribution in [-0.2, 0) is 9.53 Å². The van der Waals surface area contributed by atoms with Crippen LogP contribution in [0.25, 0.3) is 0 Å². The largest absolute Gasteiger partial charge is 0.444 e. The minimum atomic E-state index is -0.665. The maximum absolute atomic E-state index is 12.3. The number of ketones is 1. The van der Waals surface area contributed by atoms with Gasteiger partial charge in [0.25, 0.3) is 0 Å². The summed E-state index contributed by atoms with van der Waals surface area (Å²) in [6.07, 6.45) is -0.222. The topological polar surface area (TPSA) is 88.2 Å². The highest BCUT2D eigenvalue weighted by atomic mass is 16.6. The molecule has 2 rings (SSSR count). The van der Waals surface area contributed by atoms with Crippen LogP contribution in [0.5, 0.6) is 5.75 Å². The molecule has 2 amide bonds. The van der Waals surface area contributed by atoms with Crippen molar-refractivity contribution in [3.63, 3.8) is 0 Å². The van der Waals surface area contributed by atoms with Crippen molar-refractivity contribution in [3.8, 4) is 5.75 Å². The zero-order chi connectivity index (χ0) is 23.9. The van der Waals surface area contributed by atoms with E-state index < -0.39 is 23.2 Å². The summed E-state index contributed by atoms with van der Waals surface area (Å²) in [5, 5.41) is 2.74. The highest BCUT2D eigenvalue weighted by Crippen LogP contribution is 2.27. The number of para-hydroxylation sites is 1. The van der Waals surface area contributed by atoms with Crippen LogP contribution < -0.4 is 10.1 Å². The first-order chi connectivity index (χ1) is 14.9. The summed E-state index contributed by atoms with van der Waals surface area (Å²) in [7, 11) is 0. The predicted molar refractivity (Wildman–Crippen MR) is 123 cm³/mol. The number of ether oxygens (including phenoxy) is 2. The molecule has 1 heterocycles. The van der Waals surface area contributed by atoms with Crippen molar-refractivity contribution in [3.05, 3.63) is 30.3 Å². The van der Waals surface area contributed by atoms with Crippen LogP contribution in [0.3, 0.4) is 0 Å². The Kier molecular flexibility index (Phi) is 8.66. The van der Waals surface area contributed by atoms with Crippen molar-refractivity contribution in [1.82, 2.24) is 15.1 Å². The van der Waals surface area contributed by atoms with Gasteiger partial charge in [-0.1, -0.05) is 32.0 Å². The SMILES string of the molecule is CC(=O)[C@H](NC(=O)Oc1ccccc1)C(C)(C)CCN1CCN(C(=O)OC(C)(C)C)CC1. The van der Waals surface area contributed by atoms with Gasteiger partial charge >= 0.3 is 12.2 Å². The van der Waals surface area contributed by atoms with Crippen LogP contribution in [-0.4, -0.2) is 72.1 Å². The van der Waals surface area contributed by atoms with Gasteiger partial charge in [0.15, 0.2) is 5.78 Å². The summed E-state index contributed by atoms with van der Waals surface area (Å²) in [5.74, 6) is 0.308. The second-order valence-corrected chi connectivity index (χ2v) is 9.94. The van der Waals surface area contributed by atoms with E-state index in [-0.39, 0.29) is 11.9 Å². The van der Waals surface area contributed by atoms with Crippen molar-refractivity contribution < 1.29 is 23.9 Å². The van der Waals surface area contributed by atoms with E-state index >= 15 is 0 Å². The number of rotatable bonds is 7. The van der Waals surface area contributed by atoms with Crippen molar-refractivity contribution in [2.75, 3.05) is 32.7 Å². The molecule has 0 spiro atoms. The van der Waals surface area contributed by atoms with Gasteiger partial charge in [0.2, 0.25) is 0 Å². The molecule has 1 aliphatic heterocycles. The number of hydrogen-bond acceptors (Lipinski definition) is 6. The molecule has 1 aromatic rings. The van der Waals surface area contributed by atoms with E-state index in [2.05, 4.69) is 10.2 Å². The first kappa shape index (κ1) is 25.6. The molecule has 0 aromatic heterocycles. The number of hydrogen-bond donors (Lipinski definition) is 1. The van der Waals surface area contributed by atoms with E-state index in [1.54, 1.807) is 29.2 Å². The van der Waals surface area contributed by atoms with Crippen molar-refractivity contribution in [1.29, 1.82) is 0 Å². The quantitative estimate of drug-likeness (QED) is 0.686. The molecule has 1 fully saturated rings. The summed E-state index contributed by atoms with van der Waals surface area (Å²) in [4.78, 5) is 40.9. The van der Waals surface area contributed by atoms with Crippen LogP contribution in [0, 0.1) is 5.41 Å². The maximum Gasteiger partial charge on any atom is 0.413 e. The van der Waals surface area contributed by atoms with Gasteiger partial charge in [-0.15, -0.1) is 0 Å². The molecule has 32 heavy (non-hydrogen) atoms. The number of Topliss-reactive ketones (excluding diaryl/α,β-unsaturated/α-hetero) is 1. The highest BCUT2D eigenvalue weighted by molar-refractivity contribution is 5.86. The first-order valence-corrected chi connectivity index (χ1v) is 11.1. The Morgan fingerprint density at radius 3 is 2.12 bits per heavy atom. The van der Waals surface area contributed by atoms with E-state index in [1.165, 1.54) is 6.92 Å². The van der Waals surface area contributed by atoms with Crippen molar-refractivity contribution in [2.45, 2.75) is 59.6 Å². The molecule has 178 valence electrons. The average molecular weight is 448 g/mol. The number of piperazine rings is 1. The Balaban J connectivity index is 1.85. The van der Waals surface area contributed by atoms with E-state index in [1.807, 2.05) is 40.7 Å². The van der Waals surface area contributed by atoms with Gasteiger partial charge < -0.3 is 19.7 Å². The van der Waals surface area contributed by atoms with Crippen LogP contribution in [0.1, 0.15) is 48.0 Å². The second kappa shape index (κ2) is 10.8. The smallest absolute Gasteiger partial charge is 0.413 e. The van der Waals surface area contributed by atoms with Crippen LogP contribution in [0.15, 0.2) is 30.3 Å². The minimum absolute atomic E-state index is 0.116. The zero-order valence-electron chi connectivity index (χ0n) is 20.1. The Hall–Kier alpha value is -2.61. The number of carbonyl (C=O) groups excluding carboxylic acids is 3. The van der Waals surface area contributed by atoms with E-state index in [0.717, 1.165) is 19.6 Å². The molecule has 1 aliphatic rings. The van der Waals surface area contributed by atoms with Gasteiger partial charge in [-0.2, -0.15) is 0 Å². The van der Waals surface area contributed by atoms with Crippen LogP contribution in [0.4, 0.5) is 9.59 Å². The van der Waals surface area contributed by atoms with Gasteiger partial charge in [-0.25, -0.2) is 9.59 Å². The third kappa shape index (κ3) is 8.15. The predicted octanol–water partition coefficient (Wildman–Crippen LogP) is 3.70. The Labute approximate surface area is 191 Å². The Bertz CT molecular complexity index is 781. The lowest BCUT2D eigenvalue weighted by atomic mass is 9.79. The van der Waals surface area contributed by atoms with Crippen molar-refractivity contribution >= 4 is 18.0 Å². The molecule has 0 bridgehead atoms. The molecule has 1 saturated heterocycles. The highest BCUT2D eigenvalue weighted by Gasteiger charge is 2.35. The summed E-state index contributed by atoms with van der Waals surface area (Å²) in [6, 6.07) is 8.09. The molecule has 1 aromatic carbocycles. The molecule has 0 aliphatic carbocycles. The van der Waals surface area contributed by atoms with E-state index in [9.17, 15) is 14.4 Å². The first-order valence-electron chi connectivity index (χ1n) is 11.1. The summed E-state index contributed by atoms with van der Waals surface area (Å²) in [6.45, 7) is 14.4. The molecular formula is C24H37N3O5. The fourth-order valence-electron chi connectivity index (χ4n) is 3.66. The minimum Gasteiger partial charge on any atom is -0.444 e. The van der Waals surface area contributed by atoms with Gasteiger partial charge in [0.05, 0.1) is 6.04 Å². The number of nitrogens with one attached hydrogen (secondary N) is 1. The Morgan fingerprint density at radius 1 is 1.00 bits per heavy atom. The number of carbonyl (C=O) groups is 3. The van der Waals surface area contributed by atoms with Gasteiger partial charge in [-0.3, -0.25) is 9.69 Å².